The van der Waals surface area contributed by atoms with Gasteiger partial charge < -0.3 is 0 Å². The van der Waals surface area contributed by atoms with Gasteiger partial charge in [-0.1, -0.05) is 358 Å². The number of aromatic nitrogens is 6. The standard InChI is InChI=1S/2C55H33N3S/c1-3-14-35(15-4-1)48-33-49(57-55(56-48)37-16-5-2-6-17-37)44-23-13-24-46-53(44)58-52(51-45-22-11-12-25-50(45)59-54(46)51)36-28-26-34(27-29-36)38-30-31-43-41-20-8-7-18-39(41)40-19-9-10-21-42(40)47(43)32-38;1-3-13-35(14-4-1)48-33-49(36-15-5-2-6-16-36)58-55(57-48)39-28-30-45-50(32-39)56-53(52-46-21-11-12-22-51(46)59-54(45)52)37-25-23-34(24-26-37)38-27-29-44-42-19-8-7-17-40(42)41-18-9-10-20-43(41)47(44)31-38/h2*1-33H. The number of nitrogens with zero attached hydrogens (tertiary/aromatic N) is 6. The number of benzene rings is 18. The number of rotatable bonds is 10. The summed E-state index contributed by atoms with van der Waals surface area (Å²) in [5.74, 6) is 1.36. The fourth-order valence-corrected chi connectivity index (χ4v) is 20.1. The van der Waals surface area contributed by atoms with E-state index in [0.717, 1.165) is 100 Å². The first-order valence-corrected chi connectivity index (χ1v) is 41.5. The summed E-state index contributed by atoms with van der Waals surface area (Å²) >= 11 is 3.67. The van der Waals surface area contributed by atoms with Crippen molar-refractivity contribution in [1.29, 1.82) is 0 Å². The Bertz CT molecular complexity index is 7970. The summed E-state index contributed by atoms with van der Waals surface area (Å²) in [7, 11) is 0. The number of hydrogen-bond donors (Lipinski definition) is 0. The lowest BCUT2D eigenvalue weighted by Gasteiger charge is -2.14. The van der Waals surface area contributed by atoms with Gasteiger partial charge in [0, 0.05) is 95.6 Å². The minimum Gasteiger partial charge on any atom is -0.247 e. The zero-order chi connectivity index (χ0) is 77.7. The molecule has 0 saturated heterocycles. The molecule has 0 N–H and O–H groups in total. The first kappa shape index (κ1) is 68.5. The third-order valence-electron chi connectivity index (χ3n) is 23.3. The minimum absolute atomic E-state index is 0.674. The van der Waals surface area contributed by atoms with Crippen molar-refractivity contribution in [2.75, 3.05) is 0 Å². The van der Waals surface area contributed by atoms with E-state index in [-0.39, 0.29) is 0 Å². The third kappa shape index (κ3) is 11.8. The topological polar surface area (TPSA) is 77.3 Å². The zero-order valence-electron chi connectivity index (χ0n) is 63.6. The van der Waals surface area contributed by atoms with Crippen LogP contribution < -0.4 is 0 Å². The highest BCUT2D eigenvalue weighted by Gasteiger charge is 2.24. The van der Waals surface area contributed by atoms with Crippen molar-refractivity contribution in [2.24, 2.45) is 0 Å². The Balaban J connectivity index is 0.000000138. The lowest BCUT2D eigenvalue weighted by atomic mass is 9.92. The first-order valence-electron chi connectivity index (χ1n) is 39.9. The van der Waals surface area contributed by atoms with Crippen LogP contribution >= 0.6 is 22.7 Å². The number of fused-ring (bicyclic) bond motifs is 22. The van der Waals surface area contributed by atoms with Crippen molar-refractivity contribution in [1.82, 2.24) is 29.9 Å². The second-order valence-corrected chi connectivity index (χ2v) is 32.3. The van der Waals surface area contributed by atoms with Crippen LogP contribution in [0.15, 0.2) is 400 Å². The van der Waals surface area contributed by atoms with Crippen LogP contribution in [-0.4, -0.2) is 29.9 Å². The van der Waals surface area contributed by atoms with Crippen molar-refractivity contribution in [3.05, 3.63) is 400 Å². The van der Waals surface area contributed by atoms with E-state index in [1.807, 2.05) is 59.1 Å². The highest BCUT2D eigenvalue weighted by Crippen LogP contribution is 2.48. The van der Waals surface area contributed by atoms with Gasteiger partial charge in [0.2, 0.25) is 0 Å². The van der Waals surface area contributed by atoms with E-state index >= 15 is 0 Å². The van der Waals surface area contributed by atoms with Crippen molar-refractivity contribution in [2.45, 2.75) is 0 Å². The van der Waals surface area contributed by atoms with Crippen molar-refractivity contribution < 1.29 is 0 Å². The summed E-state index contributed by atoms with van der Waals surface area (Å²) in [6.07, 6.45) is 0. The predicted molar refractivity (Wildman–Crippen MR) is 500 cm³/mol. The molecule has 0 aliphatic rings. The molecule has 8 heteroatoms. The summed E-state index contributed by atoms with van der Waals surface area (Å²) < 4.78 is 4.96. The molecule has 0 spiro atoms. The fraction of sp³-hybridized carbons (Fsp3) is 0. The second-order valence-electron chi connectivity index (χ2n) is 30.2. The van der Waals surface area contributed by atoms with Crippen LogP contribution in [0.1, 0.15) is 0 Å². The fourth-order valence-electron chi connectivity index (χ4n) is 17.7. The van der Waals surface area contributed by atoms with Gasteiger partial charge in [-0.25, -0.2) is 29.9 Å². The number of para-hydroxylation sites is 1. The molecule has 118 heavy (non-hydrogen) atoms. The second kappa shape index (κ2) is 28.5. The Labute approximate surface area is 687 Å². The van der Waals surface area contributed by atoms with Crippen LogP contribution in [0, 0.1) is 0 Å². The zero-order valence-corrected chi connectivity index (χ0v) is 65.2. The summed E-state index contributed by atoms with van der Waals surface area (Å²) in [4.78, 5) is 31.7. The molecule has 0 aliphatic heterocycles. The molecule has 18 aromatic carbocycles. The molecule has 0 saturated carbocycles. The molecule has 24 aromatic rings. The van der Waals surface area contributed by atoms with Gasteiger partial charge in [-0.15, -0.1) is 22.7 Å². The van der Waals surface area contributed by atoms with Crippen molar-refractivity contribution in [3.63, 3.8) is 0 Å². The van der Waals surface area contributed by atoms with Gasteiger partial charge in [0.25, 0.3) is 0 Å². The molecule has 0 unspecified atom stereocenters. The lowest BCUT2D eigenvalue weighted by Crippen LogP contribution is -1.97. The van der Waals surface area contributed by atoms with E-state index in [4.69, 9.17) is 29.9 Å². The number of thiophene rings is 2. The normalized spacial score (nSPS) is 11.7. The Morgan fingerprint density at radius 1 is 0.169 bits per heavy atom. The molecular weight excluding hydrogens is 1470 g/mol. The quantitative estimate of drug-likeness (QED) is 0.127. The van der Waals surface area contributed by atoms with E-state index < -0.39 is 0 Å². The van der Waals surface area contributed by atoms with Gasteiger partial charge in [0.15, 0.2) is 11.6 Å². The summed E-state index contributed by atoms with van der Waals surface area (Å²) in [5, 5.41) is 22.4. The molecule has 0 atom stereocenters. The number of hydrogen-bond acceptors (Lipinski definition) is 8. The smallest absolute Gasteiger partial charge is 0.160 e. The summed E-state index contributed by atoms with van der Waals surface area (Å²) in [5.41, 5.74) is 20.2. The van der Waals surface area contributed by atoms with Crippen molar-refractivity contribution in [3.8, 4) is 113 Å². The largest absolute Gasteiger partial charge is 0.247 e. The van der Waals surface area contributed by atoms with E-state index in [9.17, 15) is 0 Å². The Morgan fingerprint density at radius 3 is 0.932 bits per heavy atom. The molecule has 0 radical (unpaired) electrons. The summed E-state index contributed by atoms with van der Waals surface area (Å²) in [6, 6.07) is 143. The average Bonchev–Trinajstić information content (AvgIpc) is 1.55. The maximum absolute atomic E-state index is 5.63. The van der Waals surface area contributed by atoms with Gasteiger partial charge in [-0.05, 0) is 129 Å². The monoisotopic (exact) mass is 1530 g/mol. The SMILES string of the molecule is c1ccc(-c2cc(-c3cccc4c3nc(-c3ccc(-c5ccc6c7ccccc7c7ccccc7c6c5)cc3)c3c5ccccc5sc43)nc(-c3ccccc3)n2)cc1.c1ccc(-c2cc(-c3ccccc3)nc(-c3ccc4c(c3)nc(-c3ccc(-c5ccc6c7ccccc7c7ccccc7c6c5)cc3)c3c5ccccc5sc43)n2)cc1. The third-order valence-corrected chi connectivity index (χ3v) is 25.8. The van der Waals surface area contributed by atoms with E-state index in [0.29, 0.717) is 11.6 Å². The van der Waals surface area contributed by atoms with Gasteiger partial charge in [0.05, 0.1) is 45.2 Å². The van der Waals surface area contributed by atoms with Crippen LogP contribution in [-0.2, 0) is 0 Å². The Kier molecular flexibility index (Phi) is 16.5. The molecule has 548 valence electrons. The first-order chi connectivity index (χ1) is 58.5. The molecule has 6 aromatic heterocycles. The predicted octanol–water partition coefficient (Wildman–Crippen LogP) is 30.4. The number of pyridine rings is 2. The summed E-state index contributed by atoms with van der Waals surface area (Å²) in [6.45, 7) is 0. The molecule has 0 fully saturated rings. The maximum Gasteiger partial charge on any atom is 0.160 e. The van der Waals surface area contributed by atoms with Crippen LogP contribution in [0.5, 0.6) is 0 Å². The molecule has 24 rings (SSSR count). The highest BCUT2D eigenvalue weighted by atomic mass is 32.1. The molecule has 6 heterocycles. The molecule has 0 amide bonds. The minimum atomic E-state index is 0.674. The van der Waals surface area contributed by atoms with Gasteiger partial charge >= 0.3 is 0 Å². The average molecular weight is 1540 g/mol. The van der Waals surface area contributed by atoms with E-state index in [2.05, 4.69) is 364 Å². The highest BCUT2D eigenvalue weighted by molar-refractivity contribution is 7.27. The van der Waals surface area contributed by atoms with E-state index in [1.165, 1.54) is 127 Å². The lowest BCUT2D eigenvalue weighted by molar-refractivity contribution is 1.18. The molecule has 6 nitrogen and oxygen atoms in total. The van der Waals surface area contributed by atoms with Gasteiger partial charge in [0.1, 0.15) is 0 Å². The Morgan fingerprint density at radius 2 is 0.483 bits per heavy atom. The van der Waals surface area contributed by atoms with Gasteiger partial charge in [-0.3, -0.25) is 0 Å². The van der Waals surface area contributed by atoms with Gasteiger partial charge in [-0.2, -0.15) is 0 Å². The van der Waals surface area contributed by atoms with Crippen molar-refractivity contribution >= 4 is 149 Å². The van der Waals surface area contributed by atoms with Crippen LogP contribution in [0.2, 0.25) is 0 Å². The molecule has 0 aliphatic carbocycles. The van der Waals surface area contributed by atoms with Crippen LogP contribution in [0.4, 0.5) is 0 Å². The Hall–Kier alpha value is -15.1. The van der Waals surface area contributed by atoms with Crippen LogP contribution in [0.3, 0.4) is 0 Å². The maximum atomic E-state index is 5.63. The molecular formula is C110H66N6S2. The van der Waals surface area contributed by atoms with E-state index in [1.54, 1.807) is 0 Å². The van der Waals surface area contributed by atoms with Crippen LogP contribution in [0.25, 0.3) is 239 Å². The molecule has 0 bridgehead atoms.